The van der Waals surface area contributed by atoms with Crippen molar-refractivity contribution in [1.29, 1.82) is 0 Å². The van der Waals surface area contributed by atoms with E-state index >= 15 is 0 Å². The summed E-state index contributed by atoms with van der Waals surface area (Å²) >= 11 is 5.94. The third kappa shape index (κ3) is 3.03. The van der Waals surface area contributed by atoms with Crippen LogP contribution in [0.15, 0.2) is 6.33 Å². The van der Waals surface area contributed by atoms with Gasteiger partial charge in [-0.2, -0.15) is 0 Å². The van der Waals surface area contributed by atoms with Crippen LogP contribution in [0.1, 0.15) is 19.8 Å². The molecule has 1 heterocycles. The minimum absolute atomic E-state index is 0.332. The van der Waals surface area contributed by atoms with Crippen molar-refractivity contribution in [3.05, 3.63) is 11.5 Å². The van der Waals surface area contributed by atoms with Gasteiger partial charge >= 0.3 is 0 Å². The highest BCUT2D eigenvalue weighted by molar-refractivity contribution is 6.31. The van der Waals surface area contributed by atoms with Crippen molar-refractivity contribution in [1.82, 2.24) is 14.9 Å². The first kappa shape index (κ1) is 13.4. The van der Waals surface area contributed by atoms with Crippen LogP contribution in [0.4, 0.5) is 5.82 Å². The molecule has 18 heavy (non-hydrogen) atoms. The lowest BCUT2D eigenvalue weighted by Gasteiger charge is -2.25. The minimum Gasteiger partial charge on any atom is -0.490 e. The fraction of sp³-hybridized carbons (Fsp3) is 0.667. The lowest BCUT2D eigenvalue weighted by Crippen LogP contribution is -2.36. The van der Waals surface area contributed by atoms with Gasteiger partial charge in [0.2, 0.25) is 0 Å². The van der Waals surface area contributed by atoms with Crippen molar-refractivity contribution in [2.24, 2.45) is 0 Å². The van der Waals surface area contributed by atoms with E-state index in [1.807, 2.05) is 0 Å². The van der Waals surface area contributed by atoms with Crippen molar-refractivity contribution in [3.63, 3.8) is 0 Å². The Hall–Kier alpha value is -1.07. The maximum Gasteiger partial charge on any atom is 0.198 e. The zero-order chi connectivity index (χ0) is 13.1. The molecule has 5 nitrogen and oxygen atoms in total. The molecule has 0 aliphatic heterocycles. The summed E-state index contributed by atoms with van der Waals surface area (Å²) in [4.78, 5) is 10.4. The van der Waals surface area contributed by atoms with Gasteiger partial charge in [0.1, 0.15) is 6.33 Å². The topological polar surface area (TPSA) is 50.3 Å². The van der Waals surface area contributed by atoms with Gasteiger partial charge in [-0.05, 0) is 26.8 Å². The summed E-state index contributed by atoms with van der Waals surface area (Å²) < 4.78 is 5.20. The van der Waals surface area contributed by atoms with Gasteiger partial charge in [0, 0.05) is 18.6 Å². The average molecular weight is 271 g/mol. The summed E-state index contributed by atoms with van der Waals surface area (Å²) in [6.07, 6.45) is 4.05. The monoisotopic (exact) mass is 270 g/mol. The fourth-order valence-corrected chi connectivity index (χ4v) is 2.10. The molecule has 1 aliphatic carbocycles. The van der Waals surface area contributed by atoms with E-state index in [1.54, 1.807) is 7.11 Å². The Morgan fingerprint density at radius 1 is 1.56 bits per heavy atom. The van der Waals surface area contributed by atoms with Crippen LogP contribution in [0.25, 0.3) is 0 Å². The molecule has 2 rings (SSSR count). The number of anilines is 1. The van der Waals surface area contributed by atoms with E-state index < -0.39 is 0 Å². The zero-order valence-corrected chi connectivity index (χ0v) is 11.7. The number of aromatic nitrogens is 2. The summed E-state index contributed by atoms with van der Waals surface area (Å²) in [6.45, 7) is 3.00. The Morgan fingerprint density at radius 2 is 2.28 bits per heavy atom. The lowest BCUT2D eigenvalue weighted by atomic mass is 10.3. The summed E-state index contributed by atoms with van der Waals surface area (Å²) in [5, 5.41) is 3.60. The number of nitrogens with zero attached hydrogens (tertiary/aromatic N) is 3. The van der Waals surface area contributed by atoms with Crippen LogP contribution in [0.5, 0.6) is 5.75 Å². The van der Waals surface area contributed by atoms with E-state index in [0.29, 0.717) is 22.8 Å². The predicted molar refractivity (Wildman–Crippen MR) is 72.3 cm³/mol. The number of hydrogen-bond donors (Lipinski definition) is 1. The molecule has 1 aromatic rings. The van der Waals surface area contributed by atoms with Gasteiger partial charge < -0.3 is 10.1 Å². The van der Waals surface area contributed by atoms with E-state index in [1.165, 1.54) is 19.2 Å². The second-order valence-electron chi connectivity index (χ2n) is 4.67. The molecule has 0 amide bonds. The Kier molecular flexibility index (Phi) is 4.24. The Balaban J connectivity index is 1.95. The molecule has 0 radical (unpaired) electrons. The van der Waals surface area contributed by atoms with Gasteiger partial charge in [-0.1, -0.05) is 11.6 Å². The molecule has 1 saturated carbocycles. The van der Waals surface area contributed by atoms with Crippen molar-refractivity contribution >= 4 is 17.4 Å². The lowest BCUT2D eigenvalue weighted by molar-refractivity contribution is 0.257. The van der Waals surface area contributed by atoms with E-state index in [4.69, 9.17) is 16.3 Å². The zero-order valence-electron chi connectivity index (χ0n) is 11.0. The highest BCUT2D eigenvalue weighted by atomic mass is 35.5. The molecule has 1 fully saturated rings. The maximum atomic E-state index is 5.94. The molecular weight excluding hydrogens is 252 g/mol. The normalized spacial score (nSPS) is 16.7. The molecule has 0 spiro atoms. The van der Waals surface area contributed by atoms with Crippen LogP contribution >= 0.6 is 11.6 Å². The summed E-state index contributed by atoms with van der Waals surface area (Å²) in [7, 11) is 3.73. The standard InChI is InChI=1S/C12H19ClN4O/c1-8(17(2)9-4-5-9)6-14-12-10(18-3)11(13)15-7-16-12/h7-9H,4-6H2,1-3H3,(H,14,15,16). The molecule has 0 saturated heterocycles. The molecule has 6 heteroatoms. The first-order chi connectivity index (χ1) is 8.63. The first-order valence-electron chi connectivity index (χ1n) is 6.13. The number of methoxy groups -OCH3 is 1. The van der Waals surface area contributed by atoms with Crippen LogP contribution in [0.3, 0.4) is 0 Å². The summed E-state index contributed by atoms with van der Waals surface area (Å²) in [5.74, 6) is 1.15. The van der Waals surface area contributed by atoms with Crippen LogP contribution in [0.2, 0.25) is 5.15 Å². The van der Waals surface area contributed by atoms with Gasteiger partial charge in [-0.15, -0.1) is 0 Å². The van der Waals surface area contributed by atoms with E-state index in [0.717, 1.165) is 12.6 Å². The number of ether oxygens (including phenoxy) is 1. The second-order valence-corrected chi connectivity index (χ2v) is 5.03. The largest absolute Gasteiger partial charge is 0.490 e. The Labute approximate surface area is 113 Å². The Bertz CT molecular complexity index is 411. The molecule has 1 atom stereocenters. The van der Waals surface area contributed by atoms with Crippen LogP contribution in [-0.2, 0) is 0 Å². The van der Waals surface area contributed by atoms with Crippen LogP contribution in [0, 0.1) is 0 Å². The smallest absolute Gasteiger partial charge is 0.198 e. The van der Waals surface area contributed by atoms with Gasteiger partial charge in [0.15, 0.2) is 16.7 Å². The molecular formula is C12H19ClN4O. The third-order valence-electron chi connectivity index (χ3n) is 3.35. The second kappa shape index (κ2) is 5.71. The maximum absolute atomic E-state index is 5.94. The molecule has 1 unspecified atom stereocenters. The molecule has 1 aromatic heterocycles. The number of halogens is 1. The molecule has 0 aromatic carbocycles. The average Bonchev–Trinajstić information content (AvgIpc) is 3.19. The summed E-state index contributed by atoms with van der Waals surface area (Å²) in [5.41, 5.74) is 0. The fourth-order valence-electron chi connectivity index (χ4n) is 1.89. The number of hydrogen-bond acceptors (Lipinski definition) is 5. The quantitative estimate of drug-likeness (QED) is 0.802. The van der Waals surface area contributed by atoms with Crippen molar-refractivity contribution in [2.45, 2.75) is 31.8 Å². The molecule has 1 N–H and O–H groups in total. The van der Waals surface area contributed by atoms with E-state index in [-0.39, 0.29) is 0 Å². The van der Waals surface area contributed by atoms with Gasteiger partial charge in [0.05, 0.1) is 7.11 Å². The molecule has 0 bridgehead atoms. The third-order valence-corrected chi connectivity index (χ3v) is 3.62. The van der Waals surface area contributed by atoms with Crippen molar-refractivity contribution in [2.75, 3.05) is 26.0 Å². The molecule has 1 aliphatic rings. The van der Waals surface area contributed by atoms with Gasteiger partial charge in [-0.25, -0.2) is 9.97 Å². The highest BCUT2D eigenvalue weighted by Gasteiger charge is 2.29. The van der Waals surface area contributed by atoms with Gasteiger partial charge in [0.25, 0.3) is 0 Å². The highest BCUT2D eigenvalue weighted by Crippen LogP contribution is 2.29. The summed E-state index contributed by atoms with van der Waals surface area (Å²) in [6, 6.07) is 1.19. The van der Waals surface area contributed by atoms with E-state index in [9.17, 15) is 0 Å². The van der Waals surface area contributed by atoms with Crippen molar-refractivity contribution in [3.8, 4) is 5.75 Å². The number of likely N-dealkylation sites (N-methyl/N-ethyl adjacent to an activating group) is 1. The SMILES string of the molecule is COc1c(Cl)ncnc1NCC(C)N(C)C1CC1. The van der Waals surface area contributed by atoms with Gasteiger partial charge in [-0.3, -0.25) is 4.90 Å². The van der Waals surface area contributed by atoms with Crippen LogP contribution in [-0.4, -0.2) is 47.7 Å². The number of nitrogens with one attached hydrogen (secondary N) is 1. The number of rotatable bonds is 6. The predicted octanol–water partition coefficient (Wildman–Crippen LogP) is 2.03. The molecule has 100 valence electrons. The first-order valence-corrected chi connectivity index (χ1v) is 6.51. The van der Waals surface area contributed by atoms with Crippen molar-refractivity contribution < 1.29 is 4.74 Å². The van der Waals surface area contributed by atoms with E-state index in [2.05, 4.69) is 34.2 Å². The minimum atomic E-state index is 0.332. The Morgan fingerprint density at radius 3 is 2.89 bits per heavy atom. The van der Waals surface area contributed by atoms with Crippen LogP contribution < -0.4 is 10.1 Å².